The Hall–Kier alpha value is -5.66. The van der Waals surface area contributed by atoms with Crippen molar-refractivity contribution in [3.8, 4) is 33.4 Å². The van der Waals surface area contributed by atoms with Crippen LogP contribution < -0.4 is 0 Å². The molecule has 0 spiro atoms. The molecule has 0 amide bonds. The fourth-order valence-corrected chi connectivity index (χ4v) is 6.41. The Bertz CT molecular complexity index is 2830. The molecule has 0 saturated heterocycles. The first-order valence-electron chi connectivity index (χ1n) is 17.7. The highest BCUT2D eigenvalue weighted by Crippen LogP contribution is 2.46. The number of hydrogen-bond donors (Lipinski definition) is 0. The Morgan fingerprint density at radius 3 is 1.74 bits per heavy atom. The molecule has 200 valence electrons. The number of para-hydroxylation sites is 2. The van der Waals surface area contributed by atoms with E-state index in [0.717, 1.165) is 43.8 Å². The Balaban J connectivity index is 1.34. The topological polar surface area (TPSA) is 13.1 Å². The lowest BCUT2D eigenvalue weighted by Gasteiger charge is -2.18. The molecule has 0 aliphatic carbocycles. The van der Waals surface area contributed by atoms with Gasteiger partial charge in [0.25, 0.3) is 0 Å². The van der Waals surface area contributed by atoms with E-state index in [1.54, 1.807) is 0 Å². The van der Waals surface area contributed by atoms with Crippen LogP contribution in [0.2, 0.25) is 0 Å². The van der Waals surface area contributed by atoms with Gasteiger partial charge in [0.05, 0.1) is 9.60 Å². The van der Waals surface area contributed by atoms with E-state index in [9.17, 15) is 1.37 Å². The van der Waals surface area contributed by atoms with Gasteiger partial charge in [-0.25, -0.2) is 0 Å². The van der Waals surface area contributed by atoms with Gasteiger partial charge in [-0.3, -0.25) is 0 Å². The smallest absolute Gasteiger partial charge is 0.143 e. The summed E-state index contributed by atoms with van der Waals surface area (Å²) in [5.74, 6) is 0. The minimum atomic E-state index is -0.446. The van der Waals surface area contributed by atoms with Crippen LogP contribution >= 0.6 is 0 Å². The molecule has 0 bridgehead atoms. The highest BCUT2D eigenvalue weighted by atomic mass is 16.3. The lowest BCUT2D eigenvalue weighted by molar-refractivity contribution is 0.670. The van der Waals surface area contributed by atoms with Gasteiger partial charge in [0, 0.05) is 21.9 Å². The van der Waals surface area contributed by atoms with Gasteiger partial charge < -0.3 is 4.42 Å². The fourth-order valence-electron chi connectivity index (χ4n) is 6.41. The molecule has 43 heavy (non-hydrogen) atoms. The van der Waals surface area contributed by atoms with Gasteiger partial charge >= 0.3 is 0 Å². The molecule has 0 saturated carbocycles. The molecule has 9 rings (SSSR count). The van der Waals surface area contributed by atoms with Crippen LogP contribution in [0.25, 0.3) is 87.6 Å². The van der Waals surface area contributed by atoms with Crippen LogP contribution in [0.1, 0.15) is 9.60 Å². The molecule has 8 aromatic carbocycles. The number of fused-ring (bicyclic) bond motifs is 6. The fraction of sp³-hybridized carbons (Fsp3) is 0. The van der Waals surface area contributed by atoms with Crippen LogP contribution in [-0.4, -0.2) is 0 Å². The first kappa shape index (κ1) is 18.0. The van der Waals surface area contributed by atoms with Gasteiger partial charge in [0.2, 0.25) is 0 Å². The summed E-state index contributed by atoms with van der Waals surface area (Å²) >= 11 is 0. The molecule has 1 nitrogen and oxygen atoms in total. The molecular formula is C42H26O. The van der Waals surface area contributed by atoms with E-state index >= 15 is 0 Å². The molecule has 1 heterocycles. The zero-order valence-corrected chi connectivity index (χ0v) is 22.9. The second kappa shape index (κ2) is 9.44. The van der Waals surface area contributed by atoms with Gasteiger partial charge in [-0.15, -0.1) is 0 Å². The van der Waals surface area contributed by atoms with Crippen molar-refractivity contribution in [1.29, 1.82) is 0 Å². The van der Waals surface area contributed by atoms with Crippen molar-refractivity contribution in [3.63, 3.8) is 0 Å². The van der Waals surface area contributed by atoms with Crippen molar-refractivity contribution in [3.05, 3.63) is 158 Å². The van der Waals surface area contributed by atoms with Crippen LogP contribution in [0.3, 0.4) is 0 Å². The van der Waals surface area contributed by atoms with Gasteiger partial charge in [-0.2, -0.15) is 0 Å². The van der Waals surface area contributed by atoms with Gasteiger partial charge in [0.1, 0.15) is 11.2 Å². The summed E-state index contributed by atoms with van der Waals surface area (Å²) in [6.45, 7) is 0. The predicted molar refractivity (Wildman–Crippen MR) is 183 cm³/mol. The molecular weight excluding hydrogens is 520 g/mol. The zero-order chi connectivity index (χ0) is 34.4. The molecule has 0 aliphatic heterocycles. The Morgan fingerprint density at radius 1 is 0.419 bits per heavy atom. The number of benzene rings is 8. The van der Waals surface area contributed by atoms with E-state index in [0.29, 0.717) is 5.56 Å². The van der Waals surface area contributed by atoms with Crippen LogP contribution in [0.4, 0.5) is 0 Å². The van der Waals surface area contributed by atoms with E-state index in [2.05, 4.69) is 54.6 Å². The van der Waals surface area contributed by atoms with Crippen LogP contribution in [0, 0.1) is 0 Å². The van der Waals surface area contributed by atoms with E-state index in [4.69, 9.17) is 12.6 Å². The molecule has 9 aromatic rings. The normalized spacial score (nSPS) is 14.0. The van der Waals surface area contributed by atoms with Crippen molar-refractivity contribution >= 4 is 54.3 Å². The van der Waals surface area contributed by atoms with E-state index in [1.807, 2.05) is 60.7 Å². The summed E-state index contributed by atoms with van der Waals surface area (Å²) in [6.07, 6.45) is 0. The maximum Gasteiger partial charge on any atom is 0.143 e. The van der Waals surface area contributed by atoms with Crippen molar-refractivity contribution < 1.29 is 14.0 Å². The molecule has 0 fully saturated rings. The van der Waals surface area contributed by atoms with Crippen molar-refractivity contribution in [2.24, 2.45) is 0 Å². The second-order valence-corrected chi connectivity index (χ2v) is 10.7. The monoisotopic (exact) mass is 553 g/mol. The highest BCUT2D eigenvalue weighted by Gasteiger charge is 2.20. The highest BCUT2D eigenvalue weighted by molar-refractivity contribution is 6.24. The third kappa shape index (κ3) is 3.72. The Kier molecular flexibility index (Phi) is 3.95. The molecule has 1 aromatic heterocycles. The molecule has 0 radical (unpaired) electrons. The standard InChI is InChI=1S/C42H26O/c1-2-11-30-26-31(25-22-27(30)10-1)28-20-23-29(24-21-28)40-33-13-3-5-15-35(33)41(36-16-6-4-14-34(36)40)38-18-9-17-37-32-12-7-8-19-39(32)43-42(37)38/h1-26H/i7D,8D,9D,12D,17D,18D,19D. The van der Waals surface area contributed by atoms with Crippen LogP contribution in [0.15, 0.2) is 162 Å². The first-order valence-corrected chi connectivity index (χ1v) is 14.2. The molecule has 0 unspecified atom stereocenters. The lowest BCUT2D eigenvalue weighted by atomic mass is 9.85. The van der Waals surface area contributed by atoms with Crippen molar-refractivity contribution in [1.82, 2.24) is 0 Å². The summed E-state index contributed by atoms with van der Waals surface area (Å²) in [6, 6.07) is 36.7. The van der Waals surface area contributed by atoms with Gasteiger partial charge in [0.15, 0.2) is 0 Å². The number of rotatable bonds is 3. The first-order chi connectivity index (χ1) is 24.2. The summed E-state index contributed by atoms with van der Waals surface area (Å²) in [7, 11) is 0. The van der Waals surface area contributed by atoms with Gasteiger partial charge in [-0.05, 0) is 66.7 Å². The number of hydrogen-bond acceptors (Lipinski definition) is 1. The van der Waals surface area contributed by atoms with Crippen molar-refractivity contribution in [2.45, 2.75) is 0 Å². The summed E-state index contributed by atoms with van der Waals surface area (Å²) in [5.41, 5.74) is 5.18. The molecule has 0 atom stereocenters. The molecule has 0 N–H and O–H groups in total. The van der Waals surface area contributed by atoms with Crippen molar-refractivity contribution in [2.75, 3.05) is 0 Å². The van der Waals surface area contributed by atoms with E-state index in [-0.39, 0.29) is 57.7 Å². The predicted octanol–water partition coefficient (Wildman–Crippen LogP) is 12.0. The minimum absolute atomic E-state index is 0.0440. The van der Waals surface area contributed by atoms with Crippen LogP contribution in [0.5, 0.6) is 0 Å². The summed E-state index contributed by atoms with van der Waals surface area (Å²) < 4.78 is 67.0. The SMILES string of the molecule is [2H]c1c([2H])c([2H])c2c(oc3c(-c4c5ccccc5c(-c5ccc(-c6ccc7ccccc7c6)cc5)c5ccccc45)c([2H])c([2H])c([2H])c32)c1[2H]. The van der Waals surface area contributed by atoms with Gasteiger partial charge in [-0.1, -0.05) is 145 Å². The average Bonchev–Trinajstić information content (AvgIpc) is 3.56. The third-order valence-electron chi connectivity index (χ3n) is 8.37. The van der Waals surface area contributed by atoms with E-state index < -0.39 is 12.1 Å². The third-order valence-corrected chi connectivity index (χ3v) is 8.37. The number of furan rings is 1. The average molecular weight is 554 g/mol. The lowest BCUT2D eigenvalue weighted by Crippen LogP contribution is -1.91. The summed E-state index contributed by atoms with van der Waals surface area (Å²) in [5, 5.41) is 5.99. The largest absolute Gasteiger partial charge is 0.455 e. The maximum absolute atomic E-state index is 9.21. The van der Waals surface area contributed by atoms with Crippen LogP contribution in [-0.2, 0) is 0 Å². The second-order valence-electron chi connectivity index (χ2n) is 10.7. The molecule has 1 heteroatoms. The quantitative estimate of drug-likeness (QED) is 0.198. The summed E-state index contributed by atoms with van der Waals surface area (Å²) in [4.78, 5) is 0. The Morgan fingerprint density at radius 2 is 1.00 bits per heavy atom. The minimum Gasteiger partial charge on any atom is -0.455 e. The molecule has 0 aliphatic rings. The maximum atomic E-state index is 9.21. The Labute approximate surface area is 259 Å². The van der Waals surface area contributed by atoms with E-state index in [1.165, 1.54) is 10.8 Å². The zero-order valence-electron chi connectivity index (χ0n) is 29.9.